The van der Waals surface area contributed by atoms with Gasteiger partial charge in [0.1, 0.15) is 0 Å². The number of nitrogens with zero attached hydrogens (tertiary/aromatic N) is 1. The molecular weight excluding hydrogens is 270 g/mol. The van der Waals surface area contributed by atoms with Crippen molar-refractivity contribution in [3.63, 3.8) is 0 Å². The summed E-state index contributed by atoms with van der Waals surface area (Å²) in [7, 11) is 2.17. The van der Waals surface area contributed by atoms with Gasteiger partial charge in [-0.15, -0.1) is 0 Å². The van der Waals surface area contributed by atoms with Gasteiger partial charge in [-0.1, -0.05) is 60.7 Å². The number of benzene rings is 2. The molecule has 3 nitrogen and oxygen atoms in total. The van der Waals surface area contributed by atoms with Gasteiger partial charge in [-0.05, 0) is 18.2 Å². The van der Waals surface area contributed by atoms with Crippen molar-refractivity contribution in [3.8, 4) is 0 Å². The first-order chi connectivity index (χ1) is 10.8. The normalized spacial score (nSPS) is 11.0. The van der Waals surface area contributed by atoms with Gasteiger partial charge in [-0.3, -0.25) is 0 Å². The Bertz CT molecular complexity index is 451. The predicted octanol–water partition coefficient (Wildman–Crippen LogP) is 2.50. The van der Waals surface area contributed by atoms with Crippen molar-refractivity contribution in [1.29, 1.82) is 0 Å². The van der Waals surface area contributed by atoms with Crippen molar-refractivity contribution in [3.05, 3.63) is 71.8 Å². The average molecular weight is 297 g/mol. The van der Waals surface area contributed by atoms with Gasteiger partial charge in [-0.2, -0.15) is 0 Å². The molecule has 0 saturated carbocycles. The van der Waals surface area contributed by atoms with E-state index in [2.05, 4.69) is 83.2 Å². The number of rotatable bonds is 10. The molecule has 22 heavy (non-hydrogen) atoms. The van der Waals surface area contributed by atoms with Gasteiger partial charge in [0.2, 0.25) is 0 Å². The number of nitrogens with one attached hydrogen (secondary N) is 2. The summed E-state index contributed by atoms with van der Waals surface area (Å²) in [6.07, 6.45) is 0. The van der Waals surface area contributed by atoms with Crippen LogP contribution in [0.2, 0.25) is 0 Å². The van der Waals surface area contributed by atoms with Gasteiger partial charge < -0.3 is 15.5 Å². The molecule has 0 aromatic heterocycles. The van der Waals surface area contributed by atoms with Crippen molar-refractivity contribution < 1.29 is 0 Å². The summed E-state index contributed by atoms with van der Waals surface area (Å²) >= 11 is 0. The lowest BCUT2D eigenvalue weighted by Gasteiger charge is -2.17. The quantitative estimate of drug-likeness (QED) is 0.660. The van der Waals surface area contributed by atoms with Gasteiger partial charge in [0.15, 0.2) is 0 Å². The zero-order chi connectivity index (χ0) is 15.5. The third kappa shape index (κ3) is 6.85. The van der Waals surface area contributed by atoms with E-state index in [0.717, 1.165) is 39.3 Å². The summed E-state index contributed by atoms with van der Waals surface area (Å²) in [5.74, 6) is 0. The van der Waals surface area contributed by atoms with E-state index in [1.807, 2.05) is 0 Å². The zero-order valence-electron chi connectivity index (χ0n) is 13.5. The maximum absolute atomic E-state index is 3.49. The number of hydrogen-bond donors (Lipinski definition) is 2. The molecular formula is C19H27N3. The fourth-order valence-corrected chi connectivity index (χ4v) is 2.31. The summed E-state index contributed by atoms with van der Waals surface area (Å²) in [4.78, 5) is 2.36. The van der Waals surface area contributed by atoms with Crippen molar-refractivity contribution >= 4 is 0 Å². The lowest BCUT2D eigenvalue weighted by atomic mass is 10.2. The fourth-order valence-electron chi connectivity index (χ4n) is 2.31. The minimum absolute atomic E-state index is 0.945. The Labute approximate surface area is 134 Å². The molecule has 0 aliphatic heterocycles. The van der Waals surface area contributed by atoms with E-state index in [0.29, 0.717) is 0 Å². The van der Waals surface area contributed by atoms with Crippen molar-refractivity contribution in [2.24, 2.45) is 0 Å². The van der Waals surface area contributed by atoms with Crippen LogP contribution in [0.15, 0.2) is 60.7 Å². The molecule has 0 bridgehead atoms. The smallest absolute Gasteiger partial charge is 0.0206 e. The highest BCUT2D eigenvalue weighted by atomic mass is 15.1. The van der Waals surface area contributed by atoms with Crippen molar-refractivity contribution in [1.82, 2.24) is 15.5 Å². The second kappa shape index (κ2) is 10.1. The molecule has 2 rings (SSSR count). The van der Waals surface area contributed by atoms with Gasteiger partial charge in [0.25, 0.3) is 0 Å². The van der Waals surface area contributed by atoms with Gasteiger partial charge in [-0.25, -0.2) is 0 Å². The first kappa shape index (κ1) is 16.7. The number of hydrogen-bond acceptors (Lipinski definition) is 3. The first-order valence-electron chi connectivity index (χ1n) is 8.02. The summed E-state index contributed by atoms with van der Waals surface area (Å²) in [5, 5.41) is 6.97. The second-order valence-corrected chi connectivity index (χ2v) is 5.63. The molecule has 0 fully saturated rings. The van der Waals surface area contributed by atoms with E-state index < -0.39 is 0 Å². The lowest BCUT2D eigenvalue weighted by Crippen LogP contribution is -2.34. The minimum atomic E-state index is 0.945. The SMILES string of the molecule is CN(CCNCc1ccccc1)CCNCc1ccccc1. The van der Waals surface area contributed by atoms with E-state index in [4.69, 9.17) is 0 Å². The predicted molar refractivity (Wildman–Crippen MR) is 93.8 cm³/mol. The standard InChI is InChI=1S/C19H27N3/c1-22(14-12-20-16-18-8-4-2-5-9-18)15-13-21-17-19-10-6-3-7-11-19/h2-11,20-21H,12-17H2,1H3. The molecule has 0 aliphatic carbocycles. The molecule has 2 aromatic rings. The molecule has 3 heteroatoms. The molecule has 0 aliphatic rings. The van der Waals surface area contributed by atoms with E-state index in [1.165, 1.54) is 11.1 Å². The van der Waals surface area contributed by atoms with E-state index in [1.54, 1.807) is 0 Å². The molecule has 2 N–H and O–H groups in total. The fraction of sp³-hybridized carbons (Fsp3) is 0.368. The van der Waals surface area contributed by atoms with Crippen LogP contribution in [-0.4, -0.2) is 38.1 Å². The number of likely N-dealkylation sites (N-methyl/N-ethyl adjacent to an activating group) is 1. The summed E-state index contributed by atoms with van der Waals surface area (Å²) < 4.78 is 0. The summed E-state index contributed by atoms with van der Waals surface area (Å²) in [5.41, 5.74) is 2.68. The van der Waals surface area contributed by atoms with E-state index in [9.17, 15) is 0 Å². The molecule has 0 unspecified atom stereocenters. The van der Waals surface area contributed by atoms with Crippen molar-refractivity contribution in [2.75, 3.05) is 33.2 Å². The van der Waals surface area contributed by atoms with Crippen LogP contribution in [-0.2, 0) is 13.1 Å². The van der Waals surface area contributed by atoms with Crippen LogP contribution >= 0.6 is 0 Å². The Morgan fingerprint density at radius 2 is 1.09 bits per heavy atom. The van der Waals surface area contributed by atoms with Crippen LogP contribution in [0.1, 0.15) is 11.1 Å². The molecule has 0 heterocycles. The maximum Gasteiger partial charge on any atom is 0.0206 e. The monoisotopic (exact) mass is 297 g/mol. The average Bonchev–Trinajstić information content (AvgIpc) is 2.57. The van der Waals surface area contributed by atoms with Crippen LogP contribution in [0.3, 0.4) is 0 Å². The highest BCUT2D eigenvalue weighted by Crippen LogP contribution is 1.97. The molecule has 0 radical (unpaired) electrons. The van der Waals surface area contributed by atoms with E-state index in [-0.39, 0.29) is 0 Å². The minimum Gasteiger partial charge on any atom is -0.311 e. The van der Waals surface area contributed by atoms with Crippen LogP contribution in [0.4, 0.5) is 0 Å². The Hall–Kier alpha value is -1.68. The highest BCUT2D eigenvalue weighted by Gasteiger charge is 1.98. The summed E-state index contributed by atoms with van der Waals surface area (Å²) in [6.45, 7) is 6.07. The summed E-state index contributed by atoms with van der Waals surface area (Å²) in [6, 6.07) is 21.1. The lowest BCUT2D eigenvalue weighted by molar-refractivity contribution is 0.328. The van der Waals surface area contributed by atoms with Crippen LogP contribution in [0.5, 0.6) is 0 Å². The first-order valence-corrected chi connectivity index (χ1v) is 8.02. The van der Waals surface area contributed by atoms with Gasteiger partial charge >= 0.3 is 0 Å². The highest BCUT2D eigenvalue weighted by molar-refractivity contribution is 5.14. The largest absolute Gasteiger partial charge is 0.311 e. The Balaban J connectivity index is 1.48. The van der Waals surface area contributed by atoms with Crippen molar-refractivity contribution in [2.45, 2.75) is 13.1 Å². The molecule has 0 amide bonds. The Morgan fingerprint density at radius 1 is 0.682 bits per heavy atom. The molecule has 118 valence electrons. The molecule has 0 atom stereocenters. The van der Waals surface area contributed by atoms with Gasteiger partial charge in [0, 0.05) is 39.3 Å². The topological polar surface area (TPSA) is 27.3 Å². The maximum atomic E-state index is 3.49. The Morgan fingerprint density at radius 3 is 1.50 bits per heavy atom. The molecule has 0 saturated heterocycles. The second-order valence-electron chi connectivity index (χ2n) is 5.63. The zero-order valence-corrected chi connectivity index (χ0v) is 13.5. The third-order valence-electron chi connectivity index (χ3n) is 3.68. The van der Waals surface area contributed by atoms with Crippen LogP contribution in [0, 0.1) is 0 Å². The van der Waals surface area contributed by atoms with E-state index >= 15 is 0 Å². The molecule has 2 aromatic carbocycles. The van der Waals surface area contributed by atoms with Crippen LogP contribution < -0.4 is 10.6 Å². The Kier molecular flexibility index (Phi) is 7.67. The third-order valence-corrected chi connectivity index (χ3v) is 3.68. The van der Waals surface area contributed by atoms with Gasteiger partial charge in [0.05, 0.1) is 0 Å². The van der Waals surface area contributed by atoms with Crippen LogP contribution in [0.25, 0.3) is 0 Å². The molecule has 0 spiro atoms.